The Bertz CT molecular complexity index is 1050. The molecule has 0 radical (unpaired) electrons. The monoisotopic (exact) mass is 572 g/mol. The Hall–Kier alpha value is 0.580. The Morgan fingerprint density at radius 3 is 0.812 bits per heavy atom. The highest BCUT2D eigenvalue weighted by molar-refractivity contribution is 8.45. The van der Waals surface area contributed by atoms with Gasteiger partial charge >= 0.3 is 0 Å². The summed E-state index contributed by atoms with van der Waals surface area (Å²) in [6, 6.07) is 0. The molecule has 0 saturated heterocycles. The summed E-state index contributed by atoms with van der Waals surface area (Å²) in [6.07, 6.45) is 3.82. The van der Waals surface area contributed by atoms with E-state index < -0.39 is 0 Å². The third-order valence-electron chi connectivity index (χ3n) is 5.22. The molecule has 32 heavy (non-hydrogen) atoms. The van der Waals surface area contributed by atoms with Crippen molar-refractivity contribution in [3.63, 3.8) is 0 Å². The van der Waals surface area contributed by atoms with Crippen molar-refractivity contribution in [1.82, 2.24) is 0 Å². The Morgan fingerprint density at radius 2 is 0.594 bits per heavy atom. The maximum absolute atomic E-state index is 6.16. The third kappa shape index (κ3) is 3.74. The number of thioether (sulfide) groups is 8. The lowest BCUT2D eigenvalue weighted by Gasteiger charge is -2.12. The maximum Gasteiger partial charge on any atom is 0.119 e. The molecular weight excluding hydrogens is 553 g/mol. The number of rotatable bonds is 4. The molecule has 2 nitrogen and oxygen atoms in total. The van der Waals surface area contributed by atoms with E-state index in [0.29, 0.717) is 0 Å². The standard InChI is InChI=1S/C22H20O2S8/c1-5-9-13-14(10(6-2)23-9)26-18-17(25-13)29-21(30-18)22-31-19-20(32-22)28-16-12(8-4)24-11(7-3)15(16)27-19/h5-8H2,1-4H3. The van der Waals surface area contributed by atoms with E-state index in [1.807, 2.05) is 94.1 Å². The molecule has 0 spiro atoms. The molecule has 168 valence electrons. The first-order valence-electron chi connectivity index (χ1n) is 10.6. The van der Waals surface area contributed by atoms with Gasteiger partial charge in [-0.25, -0.2) is 0 Å². The average Bonchev–Trinajstić information content (AvgIpc) is 3.56. The molecule has 0 saturated carbocycles. The maximum atomic E-state index is 6.16. The molecular formula is C22H20O2S8. The summed E-state index contributed by atoms with van der Waals surface area (Å²) < 4.78 is 20.9. The molecule has 0 atom stereocenters. The lowest BCUT2D eigenvalue weighted by atomic mass is 10.3. The molecule has 0 bridgehead atoms. The Labute approximate surface area is 222 Å². The van der Waals surface area contributed by atoms with Crippen LogP contribution in [-0.4, -0.2) is 0 Å². The Kier molecular flexibility index (Phi) is 6.63. The summed E-state index contributed by atoms with van der Waals surface area (Å²) in [7, 11) is 0. The van der Waals surface area contributed by atoms with Gasteiger partial charge in [-0.1, -0.05) is 122 Å². The van der Waals surface area contributed by atoms with Crippen molar-refractivity contribution in [3.8, 4) is 0 Å². The number of hydrogen-bond acceptors (Lipinski definition) is 10. The van der Waals surface area contributed by atoms with Crippen molar-refractivity contribution in [2.75, 3.05) is 0 Å². The van der Waals surface area contributed by atoms with E-state index in [9.17, 15) is 0 Å². The van der Waals surface area contributed by atoms with E-state index in [1.165, 1.54) is 45.0 Å². The number of fused-ring (bicyclic) bond motifs is 2. The molecule has 2 aromatic heterocycles. The van der Waals surface area contributed by atoms with Gasteiger partial charge in [-0.3, -0.25) is 0 Å². The molecule has 0 unspecified atom stereocenters. The van der Waals surface area contributed by atoms with Crippen molar-refractivity contribution in [2.24, 2.45) is 0 Å². The highest BCUT2D eigenvalue weighted by Crippen LogP contribution is 2.72. The van der Waals surface area contributed by atoms with Gasteiger partial charge in [-0.15, -0.1) is 0 Å². The van der Waals surface area contributed by atoms with Crippen LogP contribution >= 0.6 is 94.1 Å². The van der Waals surface area contributed by atoms with Gasteiger partial charge in [0.15, 0.2) is 0 Å². The molecule has 0 fully saturated rings. The first kappa shape index (κ1) is 23.0. The molecule has 4 aliphatic rings. The summed E-state index contributed by atoms with van der Waals surface area (Å²) in [5, 5.41) is 0. The highest BCUT2D eigenvalue weighted by atomic mass is 32.3. The van der Waals surface area contributed by atoms with E-state index in [1.54, 1.807) is 0 Å². The minimum Gasteiger partial charge on any atom is -0.464 e. The zero-order valence-electron chi connectivity index (χ0n) is 17.9. The van der Waals surface area contributed by atoms with E-state index in [-0.39, 0.29) is 0 Å². The van der Waals surface area contributed by atoms with Crippen LogP contribution in [0.1, 0.15) is 50.7 Å². The molecule has 0 N–H and O–H groups in total. The zero-order chi connectivity index (χ0) is 22.0. The molecule has 6 rings (SSSR count). The largest absolute Gasteiger partial charge is 0.464 e. The predicted octanol–water partition coefficient (Wildman–Crippen LogP) is 10.6. The molecule has 0 aromatic carbocycles. The van der Waals surface area contributed by atoms with Gasteiger partial charge in [-0.2, -0.15) is 0 Å². The second-order valence-electron chi connectivity index (χ2n) is 7.17. The predicted molar refractivity (Wildman–Crippen MR) is 150 cm³/mol. The van der Waals surface area contributed by atoms with Gasteiger partial charge in [0.25, 0.3) is 0 Å². The summed E-state index contributed by atoms with van der Waals surface area (Å²) in [5.41, 5.74) is 0. The molecule has 0 aliphatic carbocycles. The van der Waals surface area contributed by atoms with Crippen LogP contribution in [0.25, 0.3) is 0 Å². The number of furan rings is 2. The minimum atomic E-state index is 0.954. The van der Waals surface area contributed by atoms with Crippen LogP contribution in [0.15, 0.2) is 53.8 Å². The van der Waals surface area contributed by atoms with Gasteiger partial charge in [0.1, 0.15) is 23.0 Å². The van der Waals surface area contributed by atoms with Crippen LogP contribution in [0.2, 0.25) is 0 Å². The highest BCUT2D eigenvalue weighted by Gasteiger charge is 2.38. The summed E-state index contributed by atoms with van der Waals surface area (Å²) in [4.78, 5) is 5.42. The fourth-order valence-corrected chi connectivity index (χ4v) is 16.2. The van der Waals surface area contributed by atoms with Crippen LogP contribution < -0.4 is 0 Å². The lowest BCUT2D eigenvalue weighted by molar-refractivity contribution is 0.464. The number of aryl methyl sites for hydroxylation is 4. The van der Waals surface area contributed by atoms with Crippen molar-refractivity contribution in [2.45, 2.75) is 73.0 Å². The normalized spacial score (nSPS) is 19.6. The summed E-state index contributed by atoms with van der Waals surface area (Å²) in [5.74, 6) is 4.60. The molecule has 0 amide bonds. The second-order valence-corrected chi connectivity index (χ2v) is 16.9. The average molecular weight is 573 g/mol. The number of hydrogen-bond donors (Lipinski definition) is 0. The minimum absolute atomic E-state index is 0.954. The van der Waals surface area contributed by atoms with Crippen molar-refractivity contribution < 1.29 is 8.83 Å². The van der Waals surface area contributed by atoms with E-state index >= 15 is 0 Å². The van der Waals surface area contributed by atoms with Crippen LogP contribution in [-0.2, 0) is 25.7 Å². The van der Waals surface area contributed by atoms with Gasteiger partial charge in [-0.05, 0) is 0 Å². The fourth-order valence-electron chi connectivity index (χ4n) is 3.67. The van der Waals surface area contributed by atoms with E-state index in [4.69, 9.17) is 8.83 Å². The Balaban J connectivity index is 1.23. The SMILES string of the molecule is CCc1oc(CC)c2c1SC1=C(SC(=C3SC4=C(S3)Sc3c(CC)oc(CC)c3S4)S1)S2. The van der Waals surface area contributed by atoms with Crippen LogP contribution in [0, 0.1) is 0 Å². The topological polar surface area (TPSA) is 26.3 Å². The van der Waals surface area contributed by atoms with Crippen LogP contribution in [0.3, 0.4) is 0 Å². The molecule has 6 heterocycles. The lowest BCUT2D eigenvalue weighted by Crippen LogP contribution is -1.86. The molecule has 10 heteroatoms. The van der Waals surface area contributed by atoms with E-state index in [0.717, 1.165) is 48.7 Å². The van der Waals surface area contributed by atoms with Crippen molar-refractivity contribution in [1.29, 1.82) is 0 Å². The zero-order valence-corrected chi connectivity index (χ0v) is 24.4. The van der Waals surface area contributed by atoms with E-state index in [2.05, 4.69) is 27.7 Å². The van der Waals surface area contributed by atoms with Gasteiger partial charge in [0.05, 0.1) is 45.0 Å². The molecule has 4 aliphatic heterocycles. The fraction of sp³-hybridized carbons (Fsp3) is 0.364. The summed E-state index contributed by atoms with van der Waals surface area (Å²) >= 11 is 15.5. The quantitative estimate of drug-likeness (QED) is 0.352. The molecule has 2 aromatic rings. The smallest absolute Gasteiger partial charge is 0.119 e. The Morgan fingerprint density at radius 1 is 0.375 bits per heavy atom. The second kappa shape index (κ2) is 9.22. The third-order valence-corrected chi connectivity index (χ3v) is 17.3. The first-order chi connectivity index (χ1) is 15.6. The summed E-state index contributed by atoms with van der Waals surface area (Å²) in [6.45, 7) is 8.75. The van der Waals surface area contributed by atoms with Crippen molar-refractivity contribution >= 4 is 94.1 Å². The van der Waals surface area contributed by atoms with Gasteiger partial charge in [0, 0.05) is 25.7 Å². The van der Waals surface area contributed by atoms with Crippen molar-refractivity contribution in [3.05, 3.63) is 48.5 Å². The van der Waals surface area contributed by atoms with Gasteiger partial charge in [0.2, 0.25) is 0 Å². The first-order valence-corrected chi connectivity index (χ1v) is 17.1. The van der Waals surface area contributed by atoms with Crippen LogP contribution in [0.5, 0.6) is 0 Å². The van der Waals surface area contributed by atoms with Gasteiger partial charge < -0.3 is 8.83 Å². The van der Waals surface area contributed by atoms with Crippen LogP contribution in [0.4, 0.5) is 0 Å².